The molecule has 274 valence electrons. The summed E-state index contributed by atoms with van der Waals surface area (Å²) in [4.78, 5) is 86.7. The molecule has 0 radical (unpaired) electrons. The molecule has 0 spiro atoms. The highest BCUT2D eigenvalue weighted by molar-refractivity contribution is 6.08. The number of carboxylic acids is 5. The van der Waals surface area contributed by atoms with E-state index in [9.17, 15) is 54.0 Å². The molecule has 1 aliphatic carbocycles. The van der Waals surface area contributed by atoms with Crippen molar-refractivity contribution in [1.29, 1.82) is 0 Å². The van der Waals surface area contributed by atoms with Crippen LogP contribution < -0.4 is 10.7 Å². The van der Waals surface area contributed by atoms with E-state index in [1.54, 1.807) is 0 Å². The zero-order chi connectivity index (χ0) is 38.1. The van der Waals surface area contributed by atoms with Crippen molar-refractivity contribution in [2.45, 2.75) is 0 Å². The van der Waals surface area contributed by atoms with Gasteiger partial charge in [0.2, 0.25) is 5.91 Å². The quantitative estimate of drug-likeness (QED) is 0.0669. The number of benzene rings is 3. The maximum Gasteiger partial charge on any atom is 0.336 e. The van der Waals surface area contributed by atoms with Crippen molar-refractivity contribution < 1.29 is 63.8 Å². The Morgan fingerprint density at radius 3 is 1.73 bits per heavy atom. The zero-order valence-corrected chi connectivity index (χ0v) is 27.4. The fourth-order valence-electron chi connectivity index (χ4n) is 5.60. The first-order valence-corrected chi connectivity index (χ1v) is 15.5. The van der Waals surface area contributed by atoms with E-state index in [1.807, 2.05) is 0 Å². The molecule has 2 aromatic rings. The molecule has 18 nitrogen and oxygen atoms in total. The van der Waals surface area contributed by atoms with Gasteiger partial charge in [0.05, 0.1) is 38.3 Å². The van der Waals surface area contributed by atoms with Crippen LogP contribution in [0.1, 0.15) is 10.4 Å². The average molecular weight is 723 g/mol. The van der Waals surface area contributed by atoms with Gasteiger partial charge < -0.3 is 40.4 Å². The number of amides is 1. The lowest BCUT2D eigenvalue weighted by Gasteiger charge is -2.27. The molecule has 0 atom stereocenters. The molecule has 1 heterocycles. The first-order chi connectivity index (χ1) is 24.6. The van der Waals surface area contributed by atoms with E-state index >= 15 is 0 Å². The molecule has 2 aromatic carbocycles. The van der Waals surface area contributed by atoms with Crippen molar-refractivity contribution in [3.63, 3.8) is 0 Å². The third-order valence-electron chi connectivity index (χ3n) is 7.75. The second kappa shape index (κ2) is 17.0. The Hall–Kier alpha value is -6.37. The highest BCUT2D eigenvalue weighted by atomic mass is 16.4. The standard InChI is InChI=1S/C34H34N4O14/c39-20-2-5-23-26(12-20)52-27-13-21(40)3-6-24(27)33(23)22-4-1-19(11-25(22)34(50)51)35-28(41)14-37(16-30(44)45)9-7-36(15-29(42)43)8-10-38(17-31(46)47)18-32(48)49/h1-6,11-13,39H,7-10,14-18H2,(H,35,41)(H,42,43)(H,44,45)(H,46,47)(H,48,49)(H,50,51). The first-order valence-electron chi connectivity index (χ1n) is 15.5. The van der Waals surface area contributed by atoms with Crippen molar-refractivity contribution in [1.82, 2.24) is 14.7 Å². The van der Waals surface area contributed by atoms with E-state index in [-0.39, 0.29) is 65.5 Å². The summed E-state index contributed by atoms with van der Waals surface area (Å²) in [5, 5.41) is 60.2. The molecule has 18 heteroatoms. The molecular formula is C34H34N4O14. The monoisotopic (exact) mass is 722 g/mol. The lowest BCUT2D eigenvalue weighted by molar-refractivity contribution is -0.143. The number of phenols is 1. The van der Waals surface area contributed by atoms with Gasteiger partial charge in [-0.2, -0.15) is 0 Å². The number of rotatable bonds is 19. The molecule has 1 aliphatic heterocycles. The van der Waals surface area contributed by atoms with Crippen LogP contribution in [0.15, 0.2) is 63.8 Å². The van der Waals surface area contributed by atoms with Crippen LogP contribution >= 0.6 is 0 Å². The maximum absolute atomic E-state index is 13.1. The Labute approximate surface area is 293 Å². The van der Waals surface area contributed by atoms with Crippen molar-refractivity contribution >= 4 is 52.4 Å². The summed E-state index contributed by atoms with van der Waals surface area (Å²) in [5.74, 6) is -7.17. The number of fused-ring (bicyclic) bond motifs is 2. The normalized spacial score (nSPS) is 11.4. The Kier molecular flexibility index (Phi) is 12.6. The predicted octanol–water partition coefficient (Wildman–Crippen LogP) is 1.15. The van der Waals surface area contributed by atoms with E-state index in [2.05, 4.69) is 5.32 Å². The summed E-state index contributed by atoms with van der Waals surface area (Å²) in [5.41, 5.74) is 0.644. The predicted molar refractivity (Wildman–Crippen MR) is 182 cm³/mol. The van der Waals surface area contributed by atoms with E-state index < -0.39 is 68.5 Å². The van der Waals surface area contributed by atoms with Crippen molar-refractivity contribution in [2.24, 2.45) is 0 Å². The zero-order valence-electron chi connectivity index (χ0n) is 27.4. The summed E-state index contributed by atoms with van der Waals surface area (Å²) in [7, 11) is 0. The Morgan fingerprint density at radius 1 is 0.615 bits per heavy atom. The summed E-state index contributed by atoms with van der Waals surface area (Å²) < 4.78 is 5.83. The smallest absolute Gasteiger partial charge is 0.336 e. The van der Waals surface area contributed by atoms with Gasteiger partial charge in [0.25, 0.3) is 0 Å². The number of phenolic OH excluding ortho intramolecular Hbond substituents is 1. The average Bonchev–Trinajstić information content (AvgIpc) is 3.03. The van der Waals surface area contributed by atoms with Gasteiger partial charge in [0.15, 0.2) is 5.43 Å². The summed E-state index contributed by atoms with van der Waals surface area (Å²) in [6.07, 6.45) is 0. The molecule has 0 unspecified atom stereocenters. The largest absolute Gasteiger partial charge is 0.508 e. The maximum atomic E-state index is 13.1. The molecule has 0 fully saturated rings. The van der Waals surface area contributed by atoms with E-state index in [1.165, 1.54) is 64.4 Å². The topological polar surface area (TPSA) is 276 Å². The summed E-state index contributed by atoms with van der Waals surface area (Å²) >= 11 is 0. The Bertz CT molecular complexity index is 2030. The highest BCUT2D eigenvalue weighted by Crippen LogP contribution is 2.42. The van der Waals surface area contributed by atoms with Crippen LogP contribution in [0.4, 0.5) is 5.69 Å². The fourth-order valence-corrected chi connectivity index (χ4v) is 5.60. The number of anilines is 1. The number of carboxylic acid groups (broad SMARTS) is 5. The number of carbonyl (C=O) groups excluding carboxylic acids is 1. The van der Waals surface area contributed by atoms with Crippen LogP contribution in [0.3, 0.4) is 0 Å². The SMILES string of the molecule is O=C(O)CN(CCN(CC(=O)O)CC(=O)O)CCN(CC(=O)O)CC(=O)Nc1ccc(-c2c3ccc(=O)cc-3oc3cc(O)ccc23)c(C(=O)O)c1. The number of carbonyl (C=O) groups is 6. The van der Waals surface area contributed by atoms with Gasteiger partial charge in [0, 0.05) is 60.5 Å². The van der Waals surface area contributed by atoms with Crippen LogP contribution in [0.2, 0.25) is 0 Å². The molecule has 52 heavy (non-hydrogen) atoms. The number of nitrogens with zero attached hydrogens (tertiary/aromatic N) is 3. The molecule has 0 aromatic heterocycles. The lowest BCUT2D eigenvalue weighted by atomic mass is 9.90. The van der Waals surface area contributed by atoms with Gasteiger partial charge in [-0.05, 0) is 42.0 Å². The second-order valence-electron chi connectivity index (χ2n) is 11.7. The third kappa shape index (κ3) is 10.6. The second-order valence-corrected chi connectivity index (χ2v) is 11.7. The van der Waals surface area contributed by atoms with Gasteiger partial charge >= 0.3 is 29.8 Å². The Balaban J connectivity index is 1.54. The molecule has 7 N–H and O–H groups in total. The van der Waals surface area contributed by atoms with Crippen LogP contribution in [-0.2, 0) is 24.0 Å². The van der Waals surface area contributed by atoms with Gasteiger partial charge in [-0.25, -0.2) is 4.79 Å². The number of aromatic carboxylic acids is 1. The van der Waals surface area contributed by atoms with E-state index in [4.69, 9.17) is 14.6 Å². The number of aliphatic carboxylic acids is 4. The number of hydrogen-bond donors (Lipinski definition) is 7. The van der Waals surface area contributed by atoms with Crippen molar-refractivity contribution in [3.05, 3.63) is 70.4 Å². The van der Waals surface area contributed by atoms with Crippen molar-refractivity contribution in [2.75, 3.05) is 64.2 Å². The van der Waals surface area contributed by atoms with Crippen LogP contribution in [0, 0.1) is 0 Å². The molecule has 0 bridgehead atoms. The van der Waals surface area contributed by atoms with Gasteiger partial charge in [-0.1, -0.05) is 6.07 Å². The van der Waals surface area contributed by atoms with Crippen LogP contribution in [-0.4, -0.2) is 140 Å². The fraction of sp³-hybridized carbons (Fsp3) is 0.265. The van der Waals surface area contributed by atoms with E-state index in [0.717, 1.165) is 4.90 Å². The minimum absolute atomic E-state index is 0.0552. The molecule has 1 amide bonds. The van der Waals surface area contributed by atoms with Crippen LogP contribution in [0.25, 0.3) is 33.4 Å². The van der Waals surface area contributed by atoms with Crippen molar-refractivity contribution in [3.8, 4) is 28.2 Å². The van der Waals surface area contributed by atoms with Crippen LogP contribution in [0.5, 0.6) is 5.75 Å². The molecule has 2 aliphatic rings. The summed E-state index contributed by atoms with van der Waals surface area (Å²) in [6.45, 7) is -3.31. The van der Waals surface area contributed by atoms with Gasteiger partial charge in [-0.15, -0.1) is 0 Å². The van der Waals surface area contributed by atoms with Gasteiger partial charge in [-0.3, -0.25) is 43.5 Å². The molecule has 0 saturated heterocycles. The minimum Gasteiger partial charge on any atom is -0.508 e. The highest BCUT2D eigenvalue weighted by Gasteiger charge is 2.24. The van der Waals surface area contributed by atoms with Gasteiger partial charge in [0.1, 0.15) is 17.1 Å². The molecule has 4 rings (SSSR count). The Morgan fingerprint density at radius 2 is 1.15 bits per heavy atom. The molecule has 0 saturated carbocycles. The first kappa shape index (κ1) is 38.4. The summed E-state index contributed by atoms with van der Waals surface area (Å²) in [6, 6.07) is 12.3. The lowest BCUT2D eigenvalue weighted by Crippen LogP contribution is -2.46. The molecular weight excluding hydrogens is 688 g/mol. The third-order valence-corrected chi connectivity index (χ3v) is 7.75. The minimum atomic E-state index is -1.36. The number of hydrogen-bond acceptors (Lipinski definition) is 12. The van der Waals surface area contributed by atoms with E-state index in [0.29, 0.717) is 16.5 Å². The number of nitrogens with one attached hydrogen (secondary N) is 1. The number of aromatic hydroxyl groups is 1.